The summed E-state index contributed by atoms with van der Waals surface area (Å²) in [7, 11) is -3.69. The summed E-state index contributed by atoms with van der Waals surface area (Å²) in [4.78, 5) is 0.175. The molecule has 0 amide bonds. The molecular formula is C18H20N2O3S. The zero-order valence-electron chi connectivity index (χ0n) is 13.5. The van der Waals surface area contributed by atoms with Crippen LogP contribution in [-0.4, -0.2) is 21.6 Å². The first-order valence-corrected chi connectivity index (χ1v) is 9.08. The van der Waals surface area contributed by atoms with Crippen LogP contribution in [0.1, 0.15) is 23.1 Å². The Labute approximate surface area is 143 Å². The zero-order valence-corrected chi connectivity index (χ0v) is 14.3. The van der Waals surface area contributed by atoms with Gasteiger partial charge in [0.1, 0.15) is 0 Å². The molecule has 5 nitrogen and oxygen atoms in total. The van der Waals surface area contributed by atoms with Gasteiger partial charge in [0, 0.05) is 6.54 Å². The molecule has 0 atom stereocenters. The maximum Gasteiger partial charge on any atom is 0.296 e. The van der Waals surface area contributed by atoms with Gasteiger partial charge in [-0.15, -0.1) is 0 Å². The van der Waals surface area contributed by atoms with E-state index in [2.05, 4.69) is 11.4 Å². The first kappa shape index (κ1) is 18.1. The number of nitriles is 1. The molecule has 24 heavy (non-hydrogen) atoms. The van der Waals surface area contributed by atoms with E-state index in [1.165, 1.54) is 0 Å². The van der Waals surface area contributed by atoms with Crippen LogP contribution in [0.15, 0.2) is 53.4 Å². The number of nitrogens with one attached hydrogen (secondary N) is 1. The fourth-order valence-corrected chi connectivity index (χ4v) is 3.07. The minimum atomic E-state index is -3.69. The molecule has 2 rings (SSSR count). The largest absolute Gasteiger partial charge is 0.313 e. The highest BCUT2D eigenvalue weighted by atomic mass is 32.2. The molecule has 0 saturated carbocycles. The van der Waals surface area contributed by atoms with Crippen molar-refractivity contribution < 1.29 is 12.6 Å². The molecule has 0 unspecified atom stereocenters. The summed E-state index contributed by atoms with van der Waals surface area (Å²) < 4.78 is 29.0. The van der Waals surface area contributed by atoms with Crippen LogP contribution in [0.5, 0.6) is 0 Å². The summed E-state index contributed by atoms with van der Waals surface area (Å²) in [6, 6.07) is 16.0. The second-order valence-corrected chi connectivity index (χ2v) is 7.05. The van der Waals surface area contributed by atoms with Gasteiger partial charge in [0.25, 0.3) is 10.1 Å². The molecule has 0 aliphatic carbocycles. The Bertz CT molecular complexity index is 809. The topological polar surface area (TPSA) is 79.2 Å². The molecule has 0 radical (unpaired) electrons. The lowest BCUT2D eigenvalue weighted by molar-refractivity contribution is 0.309. The van der Waals surface area contributed by atoms with Crippen molar-refractivity contribution in [1.29, 1.82) is 5.26 Å². The van der Waals surface area contributed by atoms with Crippen molar-refractivity contribution in [2.45, 2.75) is 24.8 Å². The molecule has 0 saturated heterocycles. The Balaban J connectivity index is 1.71. The van der Waals surface area contributed by atoms with Crippen LogP contribution in [0.25, 0.3) is 0 Å². The Morgan fingerprint density at radius 2 is 1.92 bits per heavy atom. The Kier molecular flexibility index (Phi) is 6.50. The van der Waals surface area contributed by atoms with Gasteiger partial charge >= 0.3 is 0 Å². The summed E-state index contributed by atoms with van der Waals surface area (Å²) in [6.45, 7) is 3.27. The molecule has 1 N–H and O–H groups in total. The van der Waals surface area contributed by atoms with Gasteiger partial charge in [-0.1, -0.05) is 29.8 Å². The third-order valence-corrected chi connectivity index (χ3v) is 4.76. The molecule has 0 spiro atoms. The minimum Gasteiger partial charge on any atom is -0.313 e. The van der Waals surface area contributed by atoms with Crippen LogP contribution < -0.4 is 5.32 Å². The van der Waals surface area contributed by atoms with E-state index in [-0.39, 0.29) is 11.5 Å². The number of nitrogens with zero attached hydrogens (tertiary/aromatic N) is 1. The highest BCUT2D eigenvalue weighted by molar-refractivity contribution is 7.86. The van der Waals surface area contributed by atoms with E-state index < -0.39 is 10.1 Å². The van der Waals surface area contributed by atoms with Crippen molar-refractivity contribution >= 4 is 10.1 Å². The number of rotatable bonds is 8. The number of benzene rings is 2. The number of hydrogen-bond donors (Lipinski definition) is 1. The highest BCUT2D eigenvalue weighted by Gasteiger charge is 2.14. The predicted molar refractivity (Wildman–Crippen MR) is 91.8 cm³/mol. The SMILES string of the molecule is Cc1ccc(S(=O)(=O)OCCCNCc2cccc(C#N)c2)cc1. The molecule has 2 aromatic carbocycles. The second-order valence-electron chi connectivity index (χ2n) is 5.43. The molecule has 0 bridgehead atoms. The standard InChI is InChI=1S/C18H20N2O3S/c1-15-6-8-18(9-7-15)24(21,22)23-11-3-10-20-14-17-5-2-4-16(12-17)13-19/h2,4-9,12,20H,3,10-11,14H2,1H3. The quantitative estimate of drug-likeness (QED) is 0.588. The predicted octanol–water partition coefficient (Wildman–Crippen LogP) is 2.75. The zero-order chi connectivity index (χ0) is 17.4. The summed E-state index contributed by atoms with van der Waals surface area (Å²) in [5, 5.41) is 12.0. The molecule has 2 aromatic rings. The smallest absolute Gasteiger partial charge is 0.296 e. The van der Waals surface area contributed by atoms with Gasteiger partial charge in [-0.2, -0.15) is 13.7 Å². The summed E-state index contributed by atoms with van der Waals surface area (Å²) >= 11 is 0. The van der Waals surface area contributed by atoms with Crippen molar-refractivity contribution in [3.63, 3.8) is 0 Å². The fraction of sp³-hybridized carbons (Fsp3) is 0.278. The van der Waals surface area contributed by atoms with Gasteiger partial charge in [-0.25, -0.2) is 0 Å². The average molecular weight is 344 g/mol. The third-order valence-electron chi connectivity index (χ3n) is 3.43. The molecule has 0 fully saturated rings. The van der Waals surface area contributed by atoms with Crippen molar-refractivity contribution in [2.24, 2.45) is 0 Å². The lowest BCUT2D eigenvalue weighted by Crippen LogP contribution is -2.17. The lowest BCUT2D eigenvalue weighted by Gasteiger charge is -2.07. The highest BCUT2D eigenvalue weighted by Crippen LogP contribution is 2.13. The van der Waals surface area contributed by atoms with Gasteiger partial charge in [0.2, 0.25) is 0 Å². The summed E-state index contributed by atoms with van der Waals surface area (Å²) in [6.07, 6.45) is 0.572. The van der Waals surface area contributed by atoms with Crippen molar-refractivity contribution in [1.82, 2.24) is 5.32 Å². The maximum atomic E-state index is 12.0. The maximum absolute atomic E-state index is 12.0. The Morgan fingerprint density at radius 3 is 2.62 bits per heavy atom. The molecule has 0 heterocycles. The van der Waals surface area contributed by atoms with E-state index in [0.29, 0.717) is 25.1 Å². The number of aryl methyl sites for hydroxylation is 1. The fourth-order valence-electron chi connectivity index (χ4n) is 2.12. The van der Waals surface area contributed by atoms with Crippen LogP contribution in [0.4, 0.5) is 0 Å². The van der Waals surface area contributed by atoms with Crippen LogP contribution in [0, 0.1) is 18.3 Å². The van der Waals surface area contributed by atoms with Crippen molar-refractivity contribution in [3.8, 4) is 6.07 Å². The summed E-state index contributed by atoms with van der Waals surface area (Å²) in [5.41, 5.74) is 2.64. The molecule has 126 valence electrons. The second kappa shape index (κ2) is 8.60. The van der Waals surface area contributed by atoms with Gasteiger partial charge in [0.05, 0.1) is 23.1 Å². The molecular weight excluding hydrogens is 324 g/mol. The van der Waals surface area contributed by atoms with Crippen LogP contribution >= 0.6 is 0 Å². The van der Waals surface area contributed by atoms with Gasteiger partial charge < -0.3 is 5.32 Å². The average Bonchev–Trinajstić information content (AvgIpc) is 2.58. The molecule has 0 aliphatic rings. The Hall–Kier alpha value is -2.20. The first-order chi connectivity index (χ1) is 11.5. The molecule has 0 aromatic heterocycles. The number of hydrogen-bond acceptors (Lipinski definition) is 5. The minimum absolute atomic E-state index is 0.126. The van der Waals surface area contributed by atoms with Crippen molar-refractivity contribution in [2.75, 3.05) is 13.2 Å². The van der Waals surface area contributed by atoms with E-state index in [0.717, 1.165) is 11.1 Å². The Morgan fingerprint density at radius 1 is 1.17 bits per heavy atom. The lowest BCUT2D eigenvalue weighted by atomic mass is 10.1. The van der Waals surface area contributed by atoms with E-state index in [4.69, 9.17) is 9.44 Å². The third kappa shape index (κ3) is 5.46. The van der Waals surface area contributed by atoms with Crippen LogP contribution in [0.2, 0.25) is 0 Å². The van der Waals surface area contributed by atoms with E-state index in [9.17, 15) is 8.42 Å². The first-order valence-electron chi connectivity index (χ1n) is 7.67. The normalized spacial score (nSPS) is 11.2. The van der Waals surface area contributed by atoms with E-state index in [1.54, 1.807) is 30.3 Å². The van der Waals surface area contributed by atoms with Gasteiger partial charge in [0.15, 0.2) is 0 Å². The molecule has 6 heteroatoms. The van der Waals surface area contributed by atoms with Gasteiger partial charge in [-0.3, -0.25) is 4.18 Å². The molecule has 0 aliphatic heterocycles. The van der Waals surface area contributed by atoms with E-state index >= 15 is 0 Å². The van der Waals surface area contributed by atoms with Crippen molar-refractivity contribution in [3.05, 3.63) is 65.2 Å². The van der Waals surface area contributed by atoms with E-state index in [1.807, 2.05) is 25.1 Å². The summed E-state index contributed by atoms with van der Waals surface area (Å²) in [5.74, 6) is 0. The van der Waals surface area contributed by atoms with Crippen LogP contribution in [0.3, 0.4) is 0 Å². The van der Waals surface area contributed by atoms with Gasteiger partial charge in [-0.05, 0) is 49.7 Å². The monoisotopic (exact) mass is 344 g/mol. The van der Waals surface area contributed by atoms with Crippen LogP contribution in [-0.2, 0) is 20.8 Å².